The summed E-state index contributed by atoms with van der Waals surface area (Å²) in [5.74, 6) is 0.824. The molecule has 5 rings (SSSR count). The zero-order valence-electron chi connectivity index (χ0n) is 24.8. The van der Waals surface area contributed by atoms with Crippen LogP contribution in [-0.2, 0) is 16.0 Å². The molecule has 2 atom stereocenters. The van der Waals surface area contributed by atoms with Gasteiger partial charge in [-0.15, -0.1) is 0 Å². The first-order chi connectivity index (χ1) is 21.5. The van der Waals surface area contributed by atoms with Gasteiger partial charge in [0.1, 0.15) is 5.75 Å². The zero-order valence-corrected chi connectivity index (χ0v) is 26.4. The maximum absolute atomic E-state index is 14.2. The Morgan fingerprint density at radius 2 is 1.59 bits per heavy atom. The van der Waals surface area contributed by atoms with Crippen molar-refractivity contribution in [2.75, 3.05) is 19.8 Å². The van der Waals surface area contributed by atoms with Crippen molar-refractivity contribution in [3.8, 4) is 16.9 Å². The number of hydrogen-bond donors (Lipinski definition) is 3. The molecule has 7 nitrogen and oxygen atoms in total. The Balaban J connectivity index is 1.54. The van der Waals surface area contributed by atoms with Gasteiger partial charge in [-0.05, 0) is 65.1 Å². The van der Waals surface area contributed by atoms with Gasteiger partial charge >= 0.3 is 0 Å². The highest BCUT2D eigenvalue weighted by Crippen LogP contribution is 2.43. The highest BCUT2D eigenvalue weighted by atomic mass is 79.9. The minimum Gasteiger partial charge on any atom is -0.494 e. The Bertz CT molecular complexity index is 1530. The topological polar surface area (TPSA) is 92.2 Å². The molecule has 1 heterocycles. The van der Waals surface area contributed by atoms with Gasteiger partial charge < -0.3 is 14.6 Å². The number of aliphatic hydroxyl groups excluding tert-OH is 1. The van der Waals surface area contributed by atoms with Crippen molar-refractivity contribution in [2.45, 2.75) is 44.2 Å². The molecule has 0 saturated heterocycles. The molecule has 0 aliphatic carbocycles. The van der Waals surface area contributed by atoms with E-state index in [1.807, 2.05) is 78.9 Å². The lowest BCUT2D eigenvalue weighted by Gasteiger charge is -2.31. The van der Waals surface area contributed by atoms with E-state index in [0.717, 1.165) is 45.1 Å². The lowest BCUT2D eigenvalue weighted by molar-refractivity contribution is -0.130. The molecule has 0 aromatic heterocycles. The SMILES string of the molecule is CCCCNNC(=O)[C@@]1(Cc2ccc(Br)cc2)N=C(c2ccc(OCCCO)cc2)O[C@H]1c1ccc(-c2ccccc2)cc1. The molecule has 4 aromatic rings. The number of aliphatic hydroxyl groups is 1. The fourth-order valence-corrected chi connectivity index (χ4v) is 5.46. The fourth-order valence-electron chi connectivity index (χ4n) is 5.19. The standard InChI is InChI=1S/C36H38BrN3O4/c1-2-3-22-38-40-35(42)36(25-26-10-18-31(37)19-11-26)33(29-14-12-28(13-15-29)27-8-5-4-6-9-27)44-34(39-36)30-16-20-32(21-17-30)43-24-7-23-41/h4-6,8-21,33,38,41H,2-3,7,22-25H2,1H3,(H,40,42)/t33-,36-/m0/s1. The average Bonchev–Trinajstić information content (AvgIpc) is 3.45. The summed E-state index contributed by atoms with van der Waals surface area (Å²) in [6.45, 7) is 3.27. The molecule has 0 bridgehead atoms. The number of halogens is 1. The van der Waals surface area contributed by atoms with E-state index < -0.39 is 11.6 Å². The van der Waals surface area contributed by atoms with Crippen LogP contribution in [-0.4, -0.2) is 42.2 Å². The number of benzene rings is 4. The Morgan fingerprint density at radius 3 is 2.27 bits per heavy atom. The van der Waals surface area contributed by atoms with E-state index in [-0.39, 0.29) is 12.5 Å². The van der Waals surface area contributed by atoms with E-state index in [1.54, 1.807) is 0 Å². The molecule has 8 heteroatoms. The predicted octanol–water partition coefficient (Wildman–Crippen LogP) is 6.80. The summed E-state index contributed by atoms with van der Waals surface area (Å²) in [4.78, 5) is 19.3. The molecule has 1 aliphatic heterocycles. The van der Waals surface area contributed by atoms with Crippen LogP contribution in [0.5, 0.6) is 5.75 Å². The van der Waals surface area contributed by atoms with Gasteiger partial charge in [0.25, 0.3) is 5.91 Å². The molecule has 44 heavy (non-hydrogen) atoms. The van der Waals surface area contributed by atoms with Gasteiger partial charge in [0, 0.05) is 36.0 Å². The first kappa shape index (κ1) is 31.4. The first-order valence-corrected chi connectivity index (χ1v) is 15.9. The van der Waals surface area contributed by atoms with Crippen LogP contribution in [0.15, 0.2) is 113 Å². The van der Waals surface area contributed by atoms with E-state index >= 15 is 0 Å². The number of rotatable bonds is 14. The Kier molecular flexibility index (Phi) is 10.8. The molecule has 0 saturated carbocycles. The van der Waals surface area contributed by atoms with Crippen LogP contribution >= 0.6 is 15.9 Å². The number of amides is 1. The highest BCUT2D eigenvalue weighted by Gasteiger charge is 2.53. The normalized spacial score (nSPS) is 17.5. The second-order valence-electron chi connectivity index (χ2n) is 10.8. The largest absolute Gasteiger partial charge is 0.494 e. The Labute approximate surface area is 267 Å². The zero-order chi connectivity index (χ0) is 30.8. The molecule has 0 spiro atoms. The summed E-state index contributed by atoms with van der Waals surface area (Å²) in [6, 6.07) is 33.8. The number of unbranched alkanes of at least 4 members (excludes halogenated alkanes) is 1. The third-order valence-electron chi connectivity index (χ3n) is 7.59. The van der Waals surface area contributed by atoms with Gasteiger partial charge in [0.05, 0.1) is 6.61 Å². The molecular weight excluding hydrogens is 618 g/mol. The molecule has 3 N–H and O–H groups in total. The molecular formula is C36H38BrN3O4. The fraction of sp³-hybridized carbons (Fsp3) is 0.278. The van der Waals surface area contributed by atoms with Gasteiger partial charge in [-0.25, -0.2) is 10.4 Å². The predicted molar refractivity (Wildman–Crippen MR) is 178 cm³/mol. The van der Waals surface area contributed by atoms with Crippen molar-refractivity contribution in [2.24, 2.45) is 4.99 Å². The lowest BCUT2D eigenvalue weighted by Crippen LogP contribution is -2.54. The van der Waals surface area contributed by atoms with Crippen LogP contribution < -0.4 is 15.6 Å². The molecule has 228 valence electrons. The number of nitrogens with zero attached hydrogens (tertiary/aromatic N) is 1. The van der Waals surface area contributed by atoms with Gasteiger partial charge in [0.2, 0.25) is 5.90 Å². The Hall–Kier alpha value is -3.98. The van der Waals surface area contributed by atoms with Crippen molar-refractivity contribution in [3.63, 3.8) is 0 Å². The molecule has 1 amide bonds. The van der Waals surface area contributed by atoms with Crippen molar-refractivity contribution >= 4 is 27.7 Å². The number of aliphatic imine (C=N–C) groups is 1. The lowest BCUT2D eigenvalue weighted by atomic mass is 9.82. The van der Waals surface area contributed by atoms with Gasteiger partial charge in [-0.2, -0.15) is 0 Å². The molecule has 0 radical (unpaired) electrons. The second kappa shape index (κ2) is 15.1. The van der Waals surface area contributed by atoms with Crippen molar-refractivity contribution in [3.05, 3.63) is 124 Å². The highest BCUT2D eigenvalue weighted by molar-refractivity contribution is 9.10. The maximum atomic E-state index is 14.2. The maximum Gasteiger partial charge on any atom is 0.266 e. The number of carbonyl (C=O) groups is 1. The minimum atomic E-state index is -1.28. The van der Waals surface area contributed by atoms with Crippen molar-refractivity contribution in [1.82, 2.24) is 10.9 Å². The summed E-state index contributed by atoms with van der Waals surface area (Å²) in [7, 11) is 0. The van der Waals surface area contributed by atoms with Crippen LogP contribution in [0.1, 0.15) is 49.0 Å². The summed E-state index contributed by atoms with van der Waals surface area (Å²) in [6.07, 6.45) is 2.15. The quantitative estimate of drug-likeness (QED) is 0.103. The third kappa shape index (κ3) is 7.56. The van der Waals surface area contributed by atoms with Crippen molar-refractivity contribution < 1.29 is 19.4 Å². The van der Waals surface area contributed by atoms with E-state index in [4.69, 9.17) is 19.6 Å². The summed E-state index contributed by atoms with van der Waals surface area (Å²) >= 11 is 3.53. The monoisotopic (exact) mass is 655 g/mol. The van der Waals surface area contributed by atoms with Crippen LogP contribution in [0.4, 0.5) is 0 Å². The summed E-state index contributed by atoms with van der Waals surface area (Å²) in [5, 5.41) is 9.07. The first-order valence-electron chi connectivity index (χ1n) is 15.1. The smallest absolute Gasteiger partial charge is 0.266 e. The minimum absolute atomic E-state index is 0.0757. The van der Waals surface area contributed by atoms with Crippen LogP contribution in [0, 0.1) is 0 Å². The Morgan fingerprint density at radius 1 is 0.909 bits per heavy atom. The number of hydrogen-bond acceptors (Lipinski definition) is 6. The van der Waals surface area contributed by atoms with E-state index in [0.29, 0.717) is 37.6 Å². The number of carbonyl (C=O) groups excluding carboxylic acids is 1. The van der Waals surface area contributed by atoms with E-state index in [2.05, 4.69) is 58.0 Å². The summed E-state index contributed by atoms with van der Waals surface area (Å²) < 4.78 is 13.3. The second-order valence-corrected chi connectivity index (χ2v) is 11.7. The number of hydrazine groups is 1. The molecule has 0 fully saturated rings. The van der Waals surface area contributed by atoms with Crippen molar-refractivity contribution in [1.29, 1.82) is 0 Å². The van der Waals surface area contributed by atoms with Gasteiger partial charge in [-0.3, -0.25) is 10.2 Å². The molecule has 0 unspecified atom stereocenters. The average molecular weight is 657 g/mol. The van der Waals surface area contributed by atoms with Crippen LogP contribution in [0.3, 0.4) is 0 Å². The van der Waals surface area contributed by atoms with E-state index in [9.17, 15) is 4.79 Å². The van der Waals surface area contributed by atoms with E-state index in [1.165, 1.54) is 0 Å². The van der Waals surface area contributed by atoms with Gasteiger partial charge in [0.15, 0.2) is 11.6 Å². The van der Waals surface area contributed by atoms with Gasteiger partial charge in [-0.1, -0.05) is 96.0 Å². The third-order valence-corrected chi connectivity index (χ3v) is 8.12. The summed E-state index contributed by atoms with van der Waals surface area (Å²) in [5.41, 5.74) is 9.53. The van der Waals surface area contributed by atoms with Crippen LogP contribution in [0.2, 0.25) is 0 Å². The number of nitrogens with one attached hydrogen (secondary N) is 2. The molecule has 1 aliphatic rings. The molecule has 4 aromatic carbocycles. The van der Waals surface area contributed by atoms with Crippen LogP contribution in [0.25, 0.3) is 11.1 Å². The number of ether oxygens (including phenoxy) is 2.